The molecule has 1 aromatic heterocycles. The number of ether oxygens (including phenoxy) is 1. The van der Waals surface area contributed by atoms with Gasteiger partial charge in [0.15, 0.2) is 11.0 Å². The van der Waals surface area contributed by atoms with Crippen molar-refractivity contribution < 1.29 is 9.53 Å². The Bertz CT molecular complexity index is 1260. The van der Waals surface area contributed by atoms with Crippen LogP contribution in [0, 0.1) is 0 Å². The maximum absolute atomic E-state index is 13.1. The van der Waals surface area contributed by atoms with Crippen LogP contribution in [0.3, 0.4) is 0 Å². The van der Waals surface area contributed by atoms with Gasteiger partial charge in [0.2, 0.25) is 5.91 Å². The van der Waals surface area contributed by atoms with E-state index in [1.807, 2.05) is 85.1 Å². The number of thioether (sulfide) groups is 1. The van der Waals surface area contributed by atoms with Crippen molar-refractivity contribution >= 4 is 35.1 Å². The number of benzene rings is 3. The summed E-state index contributed by atoms with van der Waals surface area (Å²) in [5.41, 5.74) is 1.66. The van der Waals surface area contributed by atoms with Gasteiger partial charge in [0.25, 0.3) is 0 Å². The average Bonchev–Trinajstić information content (AvgIpc) is 3.27. The molecule has 0 aliphatic rings. The number of hydrogen-bond acceptors (Lipinski definition) is 6. The van der Waals surface area contributed by atoms with Gasteiger partial charge in [-0.1, -0.05) is 66.0 Å². The Morgan fingerprint density at radius 1 is 1.00 bits per heavy atom. The van der Waals surface area contributed by atoms with E-state index in [1.165, 1.54) is 11.8 Å². The number of para-hydroxylation sites is 2. The van der Waals surface area contributed by atoms with Crippen molar-refractivity contribution in [3.05, 3.63) is 78.9 Å². The lowest BCUT2D eigenvalue weighted by Gasteiger charge is -2.15. The van der Waals surface area contributed by atoms with Crippen molar-refractivity contribution in [2.24, 2.45) is 0 Å². The van der Waals surface area contributed by atoms with Crippen LogP contribution in [-0.4, -0.2) is 33.0 Å². The monoisotopic (exact) mass is 490 g/mol. The maximum atomic E-state index is 13.1. The van der Waals surface area contributed by atoms with Gasteiger partial charge in [-0.3, -0.25) is 4.79 Å². The number of hydrogen-bond donors (Lipinski definition) is 1. The molecule has 1 atom stereocenters. The summed E-state index contributed by atoms with van der Waals surface area (Å²) in [7, 11) is 1.64. The number of aromatic nitrogens is 3. The van der Waals surface area contributed by atoms with Gasteiger partial charge in [0, 0.05) is 16.3 Å². The van der Waals surface area contributed by atoms with Crippen LogP contribution in [0.2, 0.25) is 0 Å². The molecule has 0 aliphatic heterocycles. The molecule has 3 aromatic carbocycles. The first-order valence-electron chi connectivity index (χ1n) is 11.0. The number of carbonyl (C=O) groups excluding carboxylic acids is 1. The van der Waals surface area contributed by atoms with Crippen LogP contribution in [0.4, 0.5) is 5.69 Å². The third kappa shape index (κ3) is 5.46. The van der Waals surface area contributed by atoms with E-state index in [0.717, 1.165) is 32.6 Å². The number of amides is 1. The molecule has 34 heavy (non-hydrogen) atoms. The first-order valence-corrected chi connectivity index (χ1v) is 12.7. The number of methoxy groups -OCH3 is 1. The third-order valence-corrected chi connectivity index (χ3v) is 7.31. The van der Waals surface area contributed by atoms with Crippen LogP contribution >= 0.6 is 23.5 Å². The lowest BCUT2D eigenvalue weighted by atomic mass is 10.2. The average molecular weight is 491 g/mol. The summed E-state index contributed by atoms with van der Waals surface area (Å²) < 4.78 is 7.50. The minimum atomic E-state index is -0.366. The molecule has 0 saturated heterocycles. The molecule has 1 amide bonds. The van der Waals surface area contributed by atoms with Crippen LogP contribution in [-0.2, 0) is 11.3 Å². The molecule has 1 heterocycles. The fraction of sp³-hybridized carbons (Fsp3) is 0.192. The van der Waals surface area contributed by atoms with Crippen molar-refractivity contribution in [2.45, 2.75) is 40.6 Å². The van der Waals surface area contributed by atoms with Crippen LogP contribution in [0.25, 0.3) is 11.4 Å². The molecule has 0 saturated carbocycles. The van der Waals surface area contributed by atoms with Crippen molar-refractivity contribution in [3.63, 3.8) is 0 Å². The minimum Gasteiger partial charge on any atom is -0.496 e. The first kappa shape index (κ1) is 23.9. The lowest BCUT2D eigenvalue weighted by molar-refractivity contribution is -0.115. The molecule has 0 unspecified atom stereocenters. The zero-order valence-electron chi connectivity index (χ0n) is 19.3. The molecule has 8 heteroatoms. The largest absolute Gasteiger partial charge is 0.496 e. The van der Waals surface area contributed by atoms with Gasteiger partial charge >= 0.3 is 0 Å². The zero-order chi connectivity index (χ0) is 23.9. The van der Waals surface area contributed by atoms with E-state index in [0.29, 0.717) is 11.7 Å². The Balaban J connectivity index is 1.50. The van der Waals surface area contributed by atoms with Crippen LogP contribution in [0.1, 0.15) is 13.8 Å². The fourth-order valence-corrected chi connectivity index (χ4v) is 5.25. The maximum Gasteiger partial charge on any atom is 0.237 e. The topological polar surface area (TPSA) is 69.0 Å². The van der Waals surface area contributed by atoms with Gasteiger partial charge in [0.1, 0.15) is 5.75 Å². The van der Waals surface area contributed by atoms with Gasteiger partial charge in [-0.05, 0) is 50.2 Å². The number of rotatable bonds is 9. The van der Waals surface area contributed by atoms with Crippen LogP contribution in [0.15, 0.2) is 93.8 Å². The van der Waals surface area contributed by atoms with E-state index < -0.39 is 0 Å². The van der Waals surface area contributed by atoms with Crippen molar-refractivity contribution in [3.8, 4) is 17.1 Å². The fourth-order valence-electron chi connectivity index (χ4n) is 3.41. The third-order valence-electron chi connectivity index (χ3n) is 5.15. The molecule has 0 spiro atoms. The van der Waals surface area contributed by atoms with Gasteiger partial charge in [-0.2, -0.15) is 0 Å². The smallest absolute Gasteiger partial charge is 0.237 e. The molecule has 0 bridgehead atoms. The molecule has 0 radical (unpaired) electrons. The predicted molar refractivity (Wildman–Crippen MR) is 139 cm³/mol. The second kappa shape index (κ2) is 11.3. The molecule has 174 valence electrons. The van der Waals surface area contributed by atoms with Gasteiger partial charge in [0.05, 0.1) is 23.6 Å². The van der Waals surface area contributed by atoms with Crippen LogP contribution in [0.5, 0.6) is 5.75 Å². The van der Waals surface area contributed by atoms with Crippen molar-refractivity contribution in [1.29, 1.82) is 0 Å². The Morgan fingerprint density at radius 3 is 2.47 bits per heavy atom. The highest BCUT2D eigenvalue weighted by molar-refractivity contribution is 8.00. The zero-order valence-corrected chi connectivity index (χ0v) is 20.9. The van der Waals surface area contributed by atoms with Gasteiger partial charge in [-0.15, -0.1) is 10.2 Å². The molecule has 0 aliphatic carbocycles. The summed E-state index contributed by atoms with van der Waals surface area (Å²) in [6.07, 6.45) is 0. The molecule has 1 N–H and O–H groups in total. The normalized spacial score (nSPS) is 11.7. The van der Waals surface area contributed by atoms with Crippen LogP contribution < -0.4 is 10.1 Å². The highest BCUT2D eigenvalue weighted by Gasteiger charge is 2.22. The number of carbonyl (C=O) groups is 1. The highest BCUT2D eigenvalue weighted by Crippen LogP contribution is 2.35. The number of nitrogens with zero attached hydrogens (tertiary/aromatic N) is 3. The Morgan fingerprint density at radius 2 is 1.71 bits per heavy atom. The van der Waals surface area contributed by atoms with E-state index in [4.69, 9.17) is 4.74 Å². The molecular formula is C26H26N4O2S2. The SMILES string of the molecule is CCn1c(S[C@@H](C)C(=O)Nc2ccccc2Sc2ccccc2)nnc1-c1ccccc1OC. The molecule has 6 nitrogen and oxygen atoms in total. The van der Waals surface area contributed by atoms with E-state index in [9.17, 15) is 4.79 Å². The first-order chi connectivity index (χ1) is 16.6. The van der Waals surface area contributed by atoms with E-state index in [-0.39, 0.29) is 11.2 Å². The van der Waals surface area contributed by atoms with Gasteiger partial charge in [-0.25, -0.2) is 0 Å². The van der Waals surface area contributed by atoms with Crippen molar-refractivity contribution in [1.82, 2.24) is 14.8 Å². The van der Waals surface area contributed by atoms with Gasteiger partial charge < -0.3 is 14.6 Å². The summed E-state index contributed by atoms with van der Waals surface area (Å²) in [6, 6.07) is 25.7. The van der Waals surface area contributed by atoms with E-state index in [2.05, 4.69) is 27.6 Å². The summed E-state index contributed by atoms with van der Waals surface area (Å²) in [5.74, 6) is 1.37. The van der Waals surface area contributed by atoms with E-state index >= 15 is 0 Å². The molecule has 4 rings (SSSR count). The summed E-state index contributed by atoms with van der Waals surface area (Å²) in [6.45, 7) is 4.59. The Hall–Kier alpha value is -3.23. The Labute approximate surface area is 208 Å². The second-order valence-corrected chi connectivity index (χ2v) is 9.83. The standard InChI is InChI=1S/C26H26N4O2S2/c1-4-30-24(20-14-8-10-16-22(20)32-3)28-29-26(30)33-18(2)25(31)27-21-15-9-11-17-23(21)34-19-12-6-5-7-13-19/h5-18H,4H2,1-3H3,(H,27,31)/t18-/m0/s1. The lowest BCUT2D eigenvalue weighted by Crippen LogP contribution is -2.23. The highest BCUT2D eigenvalue weighted by atomic mass is 32.2. The molecule has 4 aromatic rings. The quantitative estimate of drug-likeness (QED) is 0.280. The van der Waals surface area contributed by atoms with E-state index in [1.54, 1.807) is 18.9 Å². The predicted octanol–water partition coefficient (Wildman–Crippen LogP) is 6.24. The summed E-state index contributed by atoms with van der Waals surface area (Å²) in [4.78, 5) is 15.2. The summed E-state index contributed by atoms with van der Waals surface area (Å²) in [5, 5.41) is 12.2. The molecular weight excluding hydrogens is 464 g/mol. The van der Waals surface area contributed by atoms with Crippen molar-refractivity contribution in [2.75, 3.05) is 12.4 Å². The number of nitrogens with one attached hydrogen (secondary N) is 1. The molecule has 0 fully saturated rings. The Kier molecular flexibility index (Phi) is 7.92. The minimum absolute atomic E-state index is 0.0874. The number of anilines is 1. The second-order valence-electron chi connectivity index (χ2n) is 7.41. The summed E-state index contributed by atoms with van der Waals surface area (Å²) >= 11 is 3.01.